The van der Waals surface area contributed by atoms with E-state index in [1.54, 1.807) is 41.3 Å². The summed E-state index contributed by atoms with van der Waals surface area (Å²) in [6.45, 7) is 0. The lowest BCUT2D eigenvalue weighted by molar-refractivity contribution is 0.654. The lowest BCUT2D eigenvalue weighted by atomic mass is 10.2. The maximum absolute atomic E-state index is 5.61. The van der Waals surface area contributed by atoms with E-state index >= 15 is 0 Å². The number of nitrogens with zero attached hydrogens (tertiary/aromatic N) is 6. The normalized spacial score (nSPS) is 11.1. The summed E-state index contributed by atoms with van der Waals surface area (Å²) in [5.74, 6) is 0. The van der Waals surface area contributed by atoms with Crippen molar-refractivity contribution >= 4 is 161 Å². The Kier molecular flexibility index (Phi) is 13.4. The van der Waals surface area contributed by atoms with Crippen LogP contribution in [0.1, 0.15) is 0 Å². The molecule has 0 fully saturated rings. The van der Waals surface area contributed by atoms with E-state index in [4.69, 9.17) is 13.3 Å². The van der Waals surface area contributed by atoms with Crippen molar-refractivity contribution in [2.75, 3.05) is 0 Å². The van der Waals surface area contributed by atoms with Gasteiger partial charge >= 0.3 is 0 Å². The van der Waals surface area contributed by atoms with Crippen molar-refractivity contribution < 1.29 is 13.3 Å². The molecule has 6 aromatic carbocycles. The molecule has 372 valence electrons. The molecule has 9 nitrogen and oxygen atoms in total. The minimum atomic E-state index is 0.712. The fraction of sp³-hybridized carbons (Fsp3) is 0. The number of benzene rings is 6. The molecule has 0 radical (unpaired) electrons. The van der Waals surface area contributed by atoms with Crippen LogP contribution in [0.3, 0.4) is 0 Å². The topological polar surface area (TPSA) is 117 Å². The molecule has 0 atom stereocenters. The van der Waals surface area contributed by atoms with Crippen LogP contribution in [0.15, 0.2) is 269 Å². The minimum Gasteiger partial charge on any atom is -0.456 e. The van der Waals surface area contributed by atoms with Crippen molar-refractivity contribution in [3.63, 3.8) is 0 Å². The molecule has 18 aromatic rings. The molecule has 0 spiro atoms. The first kappa shape index (κ1) is 48.0. The van der Waals surface area contributed by atoms with Gasteiger partial charge in [-0.3, -0.25) is 19.9 Å². The molecule has 0 aliphatic heterocycles. The average molecular weight is 1060 g/mol. The fourth-order valence-corrected chi connectivity index (χ4v) is 12.5. The highest BCUT2D eigenvalue weighted by Crippen LogP contribution is 2.35. The Balaban J connectivity index is 0.0000000890. The van der Waals surface area contributed by atoms with Crippen LogP contribution in [0, 0.1) is 0 Å². The Labute approximate surface area is 457 Å². The summed E-state index contributed by atoms with van der Waals surface area (Å²) in [5, 5.41) is 11.9. The standard InChI is InChI=1S/3C11H7NO.3C11H7NS/c1-2-6-10-8(4-1)9-5-3-7-12-11(9)13-10;1-2-5-9-8(4-1)11-10(13-9)6-3-7-12-11;1-2-4-10-8(3-1)9-7-12-6-5-11(9)13-10;1-2-6-10-8(4-1)9-5-3-7-12-11(9)13-10;1-2-5-9-8(4-1)11-10(13-9)6-3-7-12-11;1-2-4-10-8(3-1)9-7-12-6-5-11(9)13-10/h6*1-7H. The van der Waals surface area contributed by atoms with Crippen molar-refractivity contribution in [2.45, 2.75) is 0 Å². The third-order valence-electron chi connectivity index (χ3n) is 12.9. The molecule has 0 saturated carbocycles. The Morgan fingerprint density at radius 3 is 1.45 bits per heavy atom. The quantitative estimate of drug-likeness (QED) is 0.146. The van der Waals surface area contributed by atoms with Crippen molar-refractivity contribution in [1.29, 1.82) is 0 Å². The van der Waals surface area contributed by atoms with Crippen molar-refractivity contribution in [2.24, 2.45) is 0 Å². The van der Waals surface area contributed by atoms with Crippen LogP contribution in [0.4, 0.5) is 0 Å². The van der Waals surface area contributed by atoms with Gasteiger partial charge in [0.25, 0.3) is 0 Å². The Morgan fingerprint density at radius 1 is 0.244 bits per heavy atom. The summed E-state index contributed by atoms with van der Waals surface area (Å²) in [6, 6.07) is 69.1. The van der Waals surface area contributed by atoms with Gasteiger partial charge in [-0.05, 0) is 103 Å². The first-order valence-electron chi connectivity index (χ1n) is 25.0. The highest BCUT2D eigenvalue weighted by molar-refractivity contribution is 7.26. The van der Waals surface area contributed by atoms with E-state index in [1.165, 1.54) is 50.4 Å². The molecule has 18 rings (SSSR count). The molecule has 0 saturated heterocycles. The van der Waals surface area contributed by atoms with E-state index in [1.807, 2.05) is 158 Å². The van der Waals surface area contributed by atoms with E-state index in [-0.39, 0.29) is 0 Å². The predicted octanol–water partition coefficient (Wildman–Crippen LogP) is 19.3. The van der Waals surface area contributed by atoms with Crippen LogP contribution < -0.4 is 0 Å². The molecule has 12 heterocycles. The van der Waals surface area contributed by atoms with Gasteiger partial charge < -0.3 is 13.3 Å². The first-order valence-corrected chi connectivity index (χ1v) is 27.5. The lowest BCUT2D eigenvalue weighted by Gasteiger charge is -1.87. The van der Waals surface area contributed by atoms with Gasteiger partial charge in [0, 0.05) is 122 Å². The summed E-state index contributed by atoms with van der Waals surface area (Å²) in [4.78, 5) is 26.5. The summed E-state index contributed by atoms with van der Waals surface area (Å²) >= 11 is 5.37. The number of para-hydroxylation sites is 3. The Morgan fingerprint density at radius 2 is 0.679 bits per heavy atom. The lowest BCUT2D eigenvalue weighted by Crippen LogP contribution is -1.70. The SMILES string of the molecule is c1ccc2c(c1)oc1cccnc12.c1ccc2c(c1)oc1ccncc12.c1ccc2c(c1)oc1ncccc12.c1ccc2c(c1)sc1cccnc12.c1ccc2c(c1)sc1ccncc12.c1ccc2c(c1)sc1ncccc12. The van der Waals surface area contributed by atoms with Gasteiger partial charge in [0.15, 0.2) is 5.58 Å². The highest BCUT2D eigenvalue weighted by Gasteiger charge is 2.09. The third kappa shape index (κ3) is 9.74. The molecule has 0 aliphatic carbocycles. The molecule has 12 heteroatoms. The van der Waals surface area contributed by atoms with Crippen LogP contribution >= 0.6 is 34.0 Å². The maximum Gasteiger partial charge on any atom is 0.227 e. The van der Waals surface area contributed by atoms with E-state index in [0.717, 1.165) is 70.7 Å². The highest BCUT2D eigenvalue weighted by atomic mass is 32.1. The second-order valence-electron chi connectivity index (χ2n) is 17.7. The maximum atomic E-state index is 5.61. The van der Waals surface area contributed by atoms with E-state index in [0.29, 0.717) is 5.71 Å². The van der Waals surface area contributed by atoms with Crippen LogP contribution in [0.5, 0.6) is 0 Å². The second kappa shape index (κ2) is 21.9. The summed E-state index contributed by atoms with van der Waals surface area (Å²) in [6.07, 6.45) is 14.6. The van der Waals surface area contributed by atoms with Crippen molar-refractivity contribution in [3.05, 3.63) is 256 Å². The number of thiophene rings is 3. The Hall–Kier alpha value is -9.72. The number of pyridine rings is 6. The first-order chi connectivity index (χ1) is 38.7. The summed E-state index contributed by atoms with van der Waals surface area (Å²) in [5.41, 5.74) is 7.25. The van der Waals surface area contributed by atoms with Gasteiger partial charge in [-0.25, -0.2) is 9.97 Å². The molecule has 12 aromatic heterocycles. The monoisotopic (exact) mass is 1060 g/mol. The molecule has 0 amide bonds. The number of fused-ring (bicyclic) bond motifs is 18. The van der Waals surface area contributed by atoms with Gasteiger partial charge in [-0.2, -0.15) is 0 Å². The van der Waals surface area contributed by atoms with Crippen LogP contribution in [-0.4, -0.2) is 29.9 Å². The second-order valence-corrected chi connectivity index (χ2v) is 20.9. The van der Waals surface area contributed by atoms with Crippen molar-refractivity contribution in [3.8, 4) is 0 Å². The van der Waals surface area contributed by atoms with E-state index < -0.39 is 0 Å². The predicted molar refractivity (Wildman–Crippen MR) is 326 cm³/mol. The molecular formula is C66H42N6O3S3. The van der Waals surface area contributed by atoms with Crippen LogP contribution in [0.25, 0.3) is 127 Å². The minimum absolute atomic E-state index is 0.712. The van der Waals surface area contributed by atoms with Crippen molar-refractivity contribution in [1.82, 2.24) is 29.9 Å². The smallest absolute Gasteiger partial charge is 0.227 e. The summed E-state index contributed by atoms with van der Waals surface area (Å²) < 4.78 is 23.3. The Bertz CT molecular complexity index is 3930. The molecule has 0 aliphatic rings. The zero-order valence-corrected chi connectivity index (χ0v) is 43.8. The van der Waals surface area contributed by atoms with Gasteiger partial charge in [0.1, 0.15) is 32.7 Å². The molecule has 0 N–H and O–H groups in total. The number of furan rings is 3. The number of hydrogen-bond acceptors (Lipinski definition) is 12. The van der Waals surface area contributed by atoms with Crippen LogP contribution in [0.2, 0.25) is 0 Å². The van der Waals surface area contributed by atoms with Gasteiger partial charge in [-0.15, -0.1) is 34.0 Å². The number of rotatable bonds is 0. The zero-order valence-electron chi connectivity index (χ0n) is 41.4. The zero-order chi connectivity index (χ0) is 52.0. The van der Waals surface area contributed by atoms with Gasteiger partial charge in [-0.1, -0.05) is 103 Å². The van der Waals surface area contributed by atoms with Gasteiger partial charge in [0.05, 0.1) is 10.2 Å². The molecule has 78 heavy (non-hydrogen) atoms. The number of hydrogen-bond donors (Lipinski definition) is 0. The fourth-order valence-electron chi connectivity index (χ4n) is 9.35. The van der Waals surface area contributed by atoms with E-state index in [2.05, 4.69) is 121 Å². The largest absolute Gasteiger partial charge is 0.456 e. The van der Waals surface area contributed by atoms with E-state index in [9.17, 15) is 0 Å². The summed E-state index contributed by atoms with van der Waals surface area (Å²) in [7, 11) is 0. The average Bonchev–Trinajstić information content (AvgIpc) is 4.38. The van der Waals surface area contributed by atoms with Gasteiger partial charge in [0.2, 0.25) is 5.71 Å². The van der Waals surface area contributed by atoms with Crippen LogP contribution in [-0.2, 0) is 0 Å². The molecule has 0 unspecified atom stereocenters. The number of aromatic nitrogens is 6. The molecule has 0 bridgehead atoms. The third-order valence-corrected chi connectivity index (χ3v) is 16.3. The molecular weight excluding hydrogens is 1020 g/mol.